The summed E-state index contributed by atoms with van der Waals surface area (Å²) < 4.78 is 28.1. The Morgan fingerprint density at radius 3 is 2.81 bits per heavy atom. The van der Waals surface area contributed by atoms with Crippen molar-refractivity contribution >= 4 is 22.8 Å². The number of hydrogen-bond donors (Lipinski definition) is 10. The van der Waals surface area contributed by atoms with E-state index in [1.165, 1.54) is 13.0 Å². The van der Waals surface area contributed by atoms with Crippen LogP contribution in [-0.4, -0.2) is 104 Å². The molecule has 390 valence electrons. The number of H-pyrrole nitrogens is 1. The number of hydrogen-bond acceptors (Lipinski definition) is 14. The van der Waals surface area contributed by atoms with Gasteiger partial charge in [-0.15, -0.1) is 5.92 Å². The Morgan fingerprint density at radius 1 is 1.11 bits per heavy atom. The van der Waals surface area contributed by atoms with E-state index in [2.05, 4.69) is 59.9 Å². The Balaban J connectivity index is 0.998. The molecular weight excluding hydrogens is 943 g/mol. The first-order chi connectivity index (χ1) is 35.9. The Hall–Kier alpha value is -7.33. The molecule has 1 aliphatic carbocycles. The molecule has 11 N–H and O–H groups in total. The molecule has 10 atom stereocenters. The van der Waals surface area contributed by atoms with E-state index in [1.54, 1.807) is 31.6 Å². The van der Waals surface area contributed by atoms with Gasteiger partial charge in [0.1, 0.15) is 24.6 Å². The molecule has 1 saturated carbocycles. The first kappa shape index (κ1) is 50.2. The number of guanidine groups is 1. The molecule has 3 aromatic heterocycles. The second kappa shape index (κ2) is 22.0. The number of aromatic amines is 1. The third-order valence-corrected chi connectivity index (χ3v) is 15.2. The van der Waals surface area contributed by atoms with Crippen LogP contribution in [-0.2, 0) is 27.1 Å². The number of phenolic OH excluding ortho intramolecular Hbond substituents is 3. The molecule has 0 amide bonds. The number of carbonyl (C=O) groups is 1. The predicted octanol–water partition coefficient (Wildman–Crippen LogP) is 5.82. The topological polar surface area (TPSA) is 255 Å². The monoisotopic (exact) mass is 1010 g/mol. The Labute approximate surface area is 430 Å². The molecule has 0 radical (unpaired) electrons. The van der Waals surface area contributed by atoms with Crippen LogP contribution >= 0.6 is 0 Å². The van der Waals surface area contributed by atoms with Crippen LogP contribution < -0.4 is 36.5 Å². The zero-order valence-corrected chi connectivity index (χ0v) is 41.8. The van der Waals surface area contributed by atoms with E-state index in [0.717, 1.165) is 46.9 Å². The highest BCUT2D eigenvalue weighted by molar-refractivity contribution is 5.83. The van der Waals surface area contributed by atoms with Crippen LogP contribution in [0.3, 0.4) is 0 Å². The fourth-order valence-corrected chi connectivity index (χ4v) is 11.7. The van der Waals surface area contributed by atoms with Crippen molar-refractivity contribution in [3.05, 3.63) is 120 Å². The van der Waals surface area contributed by atoms with Crippen molar-refractivity contribution in [2.24, 2.45) is 28.5 Å². The van der Waals surface area contributed by atoms with Crippen molar-refractivity contribution in [1.82, 2.24) is 35.8 Å². The maximum atomic E-state index is 12.6. The standard InChI is InChI=1S/C56H67N9O9/c1-33(66)72-40-28-46(74-47(29-40)39-26-44(68)52(69)49(27-39)71-22-16-35-8-5-18-59-30-35)37-9-3-10-41-45(73-48-24-36(23-37)12-13-43(48)67)11-4-17-56(41)51(54(70)58-2)53(65-31-38-15-21-60-42(38)32-65)63-55(64-56)62-19-6-7-34-14-20-61-50(57)25-34/h5,8,12-15,18,21,24-27,30-32,37,40-41,45-47,51,53-54,58,60-61,67-70H,4,6-7,9,11,16-17,19-20,22-23,28-29,57H2,1-2H3,(H2,62,63,64). The van der Waals surface area contributed by atoms with E-state index >= 15 is 0 Å². The second-order valence-electron chi connectivity index (χ2n) is 20.2. The molecule has 7 heterocycles. The number of aliphatic imine (C=N–C) groups is 1. The van der Waals surface area contributed by atoms with Gasteiger partial charge in [-0.25, -0.2) is 0 Å². The van der Waals surface area contributed by atoms with Crippen molar-refractivity contribution in [2.45, 2.75) is 113 Å². The number of nitrogens with two attached hydrogens (primary N) is 1. The number of nitrogens with one attached hydrogen (secondary N) is 5. The molecule has 1 spiro atoms. The number of esters is 1. The molecule has 5 aromatic rings. The number of carbonyl (C=O) groups excluding carboxylic acids is 1. The van der Waals surface area contributed by atoms with Crippen LogP contribution in [0.1, 0.15) is 87.3 Å². The Morgan fingerprint density at radius 2 is 2.00 bits per heavy atom. The van der Waals surface area contributed by atoms with Gasteiger partial charge in [0.15, 0.2) is 29.0 Å². The van der Waals surface area contributed by atoms with Crippen LogP contribution in [0.25, 0.3) is 10.9 Å². The maximum Gasteiger partial charge on any atom is 0.302 e. The highest BCUT2D eigenvalue weighted by atomic mass is 16.6. The number of fused-ring (bicyclic) bond motifs is 5. The Bertz CT molecular complexity index is 2930. The van der Waals surface area contributed by atoms with Gasteiger partial charge in [-0.2, -0.15) is 0 Å². The van der Waals surface area contributed by atoms with Gasteiger partial charge in [0, 0.05) is 88.0 Å². The minimum atomic E-state index is -1.02. The third-order valence-electron chi connectivity index (χ3n) is 15.2. The lowest BCUT2D eigenvalue weighted by molar-refractivity contribution is -0.164. The number of aromatic hydroxyl groups is 3. The summed E-state index contributed by atoms with van der Waals surface area (Å²) in [6.45, 7) is 2.81. The van der Waals surface area contributed by atoms with Crippen molar-refractivity contribution < 1.29 is 44.2 Å². The van der Waals surface area contributed by atoms with Gasteiger partial charge in [-0.3, -0.25) is 20.1 Å². The summed E-state index contributed by atoms with van der Waals surface area (Å²) in [4.78, 5) is 25.3. The van der Waals surface area contributed by atoms with Crippen LogP contribution in [0.5, 0.6) is 28.7 Å². The zero-order chi connectivity index (χ0) is 51.3. The van der Waals surface area contributed by atoms with Gasteiger partial charge < -0.3 is 70.6 Å². The van der Waals surface area contributed by atoms with Crippen LogP contribution in [0.4, 0.5) is 0 Å². The average Bonchev–Trinajstić information content (AvgIpc) is 4.04. The second-order valence-corrected chi connectivity index (χ2v) is 20.2. The van der Waals surface area contributed by atoms with Gasteiger partial charge in [0.05, 0.1) is 47.5 Å². The number of aromatic nitrogens is 3. The molecule has 2 aromatic carbocycles. The van der Waals surface area contributed by atoms with Gasteiger partial charge in [-0.1, -0.05) is 24.1 Å². The molecule has 74 heavy (non-hydrogen) atoms. The lowest BCUT2D eigenvalue weighted by Gasteiger charge is -2.57. The average molecular weight is 1010 g/mol. The van der Waals surface area contributed by atoms with Crippen LogP contribution in [0.15, 0.2) is 108 Å². The fraction of sp³-hybridized carbons (Fsp3) is 0.446. The van der Waals surface area contributed by atoms with Crippen molar-refractivity contribution in [3.8, 4) is 40.6 Å². The van der Waals surface area contributed by atoms with Crippen molar-refractivity contribution in [1.29, 1.82) is 0 Å². The van der Waals surface area contributed by atoms with Crippen molar-refractivity contribution in [2.75, 3.05) is 26.7 Å². The normalized spacial score (nSPS) is 27.6. The number of benzene rings is 2. The molecule has 10 unspecified atom stereocenters. The summed E-state index contributed by atoms with van der Waals surface area (Å²) in [5.74, 6) is 6.53. The van der Waals surface area contributed by atoms with Gasteiger partial charge in [-0.05, 0) is 110 Å². The largest absolute Gasteiger partial charge is 0.504 e. The lowest BCUT2D eigenvalue weighted by atomic mass is 9.62. The summed E-state index contributed by atoms with van der Waals surface area (Å²) in [6, 6.07) is 14.4. The molecular formula is C56H67N9O9. The zero-order valence-electron chi connectivity index (χ0n) is 41.8. The van der Waals surface area contributed by atoms with E-state index in [9.17, 15) is 25.2 Å². The molecule has 10 rings (SSSR count). The minimum absolute atomic E-state index is 0.00143. The number of phenols is 3. The summed E-state index contributed by atoms with van der Waals surface area (Å²) in [5, 5.41) is 60.6. The number of pyridine rings is 1. The van der Waals surface area contributed by atoms with Crippen LogP contribution in [0.2, 0.25) is 0 Å². The van der Waals surface area contributed by atoms with Crippen LogP contribution in [0, 0.1) is 29.6 Å². The number of rotatable bonds is 14. The number of aliphatic hydroxyl groups is 1. The summed E-state index contributed by atoms with van der Waals surface area (Å²) in [6.07, 6.45) is 15.5. The first-order valence-electron chi connectivity index (χ1n) is 25.8. The minimum Gasteiger partial charge on any atom is -0.504 e. The van der Waals surface area contributed by atoms with E-state index < -0.39 is 60.2 Å². The van der Waals surface area contributed by atoms with Gasteiger partial charge >= 0.3 is 5.97 Å². The van der Waals surface area contributed by atoms with E-state index in [0.29, 0.717) is 81.1 Å². The highest BCUT2D eigenvalue weighted by Gasteiger charge is 2.59. The Kier molecular flexibility index (Phi) is 14.9. The number of ether oxygens (including phenoxy) is 4. The van der Waals surface area contributed by atoms with Gasteiger partial charge in [0.2, 0.25) is 5.75 Å². The molecule has 18 nitrogen and oxygen atoms in total. The predicted molar refractivity (Wildman–Crippen MR) is 278 cm³/mol. The van der Waals surface area contributed by atoms with Crippen molar-refractivity contribution in [3.63, 3.8) is 0 Å². The maximum absolute atomic E-state index is 12.6. The fourth-order valence-electron chi connectivity index (χ4n) is 11.7. The molecule has 2 bridgehead atoms. The summed E-state index contributed by atoms with van der Waals surface area (Å²) in [5.41, 5.74) is 9.67. The van der Waals surface area contributed by atoms with E-state index in [1.807, 2.05) is 48.8 Å². The summed E-state index contributed by atoms with van der Waals surface area (Å²) >= 11 is 0. The highest BCUT2D eigenvalue weighted by Crippen LogP contribution is 2.49. The smallest absolute Gasteiger partial charge is 0.302 e. The number of dihydropyridines is 1. The first-order valence-corrected chi connectivity index (χ1v) is 25.8. The molecule has 5 aliphatic rings. The molecule has 3 fully saturated rings. The van der Waals surface area contributed by atoms with Gasteiger partial charge in [0.25, 0.3) is 0 Å². The SMILES string of the molecule is CNC(O)C1C(n2cc3cc[nH]c3c2)NC(=NCCCC2=CCNC(N)=C2)NC12CCCC1Oc3cc(ccc3O)CC(C3CC(OC(C)=O)CC(c4cc(O)c(O)c(OCCc5cccnc5)c4)O3)CC#CC12. The number of aliphatic hydroxyl groups excluding tert-OH is 1. The molecule has 2 saturated heterocycles. The quantitative estimate of drug-likeness (QED) is 0.0207. The molecule has 18 heteroatoms. The number of nitrogens with zero attached hydrogens (tertiary/aromatic N) is 3. The molecule has 4 aliphatic heterocycles. The van der Waals surface area contributed by atoms with E-state index in [4.69, 9.17) is 29.7 Å². The third kappa shape index (κ3) is 11.0. The number of allylic oxidation sites excluding steroid dienone is 2. The lowest BCUT2D eigenvalue weighted by Crippen LogP contribution is -2.74. The van der Waals surface area contributed by atoms with E-state index in [-0.39, 0.29) is 35.5 Å². The summed E-state index contributed by atoms with van der Waals surface area (Å²) in [7, 11) is 1.75.